The van der Waals surface area contributed by atoms with Crippen molar-refractivity contribution in [1.82, 2.24) is 15.3 Å². The van der Waals surface area contributed by atoms with Crippen LogP contribution in [-0.4, -0.2) is 16.0 Å². The predicted octanol–water partition coefficient (Wildman–Crippen LogP) is 3.23. The average Bonchev–Trinajstić information content (AvgIpc) is 2.34. The van der Waals surface area contributed by atoms with E-state index in [2.05, 4.69) is 15.3 Å². The molecule has 0 unspecified atom stereocenters. The minimum atomic E-state index is -0.632. The summed E-state index contributed by atoms with van der Waals surface area (Å²) in [4.78, 5) is 8.59. The van der Waals surface area contributed by atoms with Crippen LogP contribution in [0.4, 0.5) is 8.78 Å². The van der Waals surface area contributed by atoms with Gasteiger partial charge in [-0.15, -0.1) is 0 Å². The summed E-state index contributed by atoms with van der Waals surface area (Å²) in [6, 6.07) is 5.49. The van der Waals surface area contributed by atoms with Crippen LogP contribution in [0.2, 0.25) is 0 Å². The molecule has 1 aromatic carbocycles. The molecular weight excluding hydrogens is 260 g/mol. The van der Waals surface area contributed by atoms with Gasteiger partial charge < -0.3 is 5.32 Å². The van der Waals surface area contributed by atoms with E-state index in [1.54, 1.807) is 0 Å². The molecule has 1 N–H and O–H groups in total. The third-order valence-corrected chi connectivity index (χ3v) is 2.72. The van der Waals surface area contributed by atoms with Gasteiger partial charge in [0.15, 0.2) is 5.82 Å². The molecule has 5 heteroatoms. The molecule has 1 heterocycles. The number of hydrogen-bond acceptors (Lipinski definition) is 3. The molecule has 0 bridgehead atoms. The molecule has 0 atom stereocenters. The zero-order valence-corrected chi connectivity index (χ0v) is 11.7. The van der Waals surface area contributed by atoms with E-state index in [4.69, 9.17) is 0 Å². The van der Waals surface area contributed by atoms with Crippen molar-refractivity contribution in [3.8, 4) is 11.4 Å². The summed E-state index contributed by atoms with van der Waals surface area (Å²) in [5.41, 5.74) is 1.91. The van der Waals surface area contributed by atoms with Gasteiger partial charge in [-0.25, -0.2) is 18.7 Å². The largest absolute Gasteiger partial charge is 0.309 e. The van der Waals surface area contributed by atoms with Gasteiger partial charge in [-0.3, -0.25) is 0 Å². The van der Waals surface area contributed by atoms with Crippen molar-refractivity contribution >= 4 is 0 Å². The first-order chi connectivity index (χ1) is 9.44. The Morgan fingerprint density at radius 3 is 2.30 bits per heavy atom. The van der Waals surface area contributed by atoms with E-state index in [-0.39, 0.29) is 0 Å². The fourth-order valence-electron chi connectivity index (χ4n) is 1.85. The summed E-state index contributed by atoms with van der Waals surface area (Å²) >= 11 is 0. The van der Waals surface area contributed by atoms with Crippen LogP contribution in [0.3, 0.4) is 0 Å². The zero-order valence-electron chi connectivity index (χ0n) is 11.7. The molecule has 2 aromatic rings. The van der Waals surface area contributed by atoms with E-state index in [1.165, 1.54) is 12.1 Å². The van der Waals surface area contributed by atoms with Crippen molar-refractivity contribution in [2.45, 2.75) is 33.4 Å². The maximum Gasteiger partial charge on any atom is 0.159 e. The summed E-state index contributed by atoms with van der Waals surface area (Å²) in [5, 5.41) is 3.25. The fourth-order valence-corrected chi connectivity index (χ4v) is 1.85. The predicted molar refractivity (Wildman–Crippen MR) is 74.1 cm³/mol. The third kappa shape index (κ3) is 3.81. The highest BCUT2D eigenvalue weighted by Crippen LogP contribution is 2.19. The molecule has 0 saturated carbocycles. The summed E-state index contributed by atoms with van der Waals surface area (Å²) in [6.07, 6.45) is 0. The number of nitrogens with one attached hydrogen (secondary N) is 1. The summed E-state index contributed by atoms with van der Waals surface area (Å²) in [6.45, 7) is 6.50. The molecule has 0 aliphatic heterocycles. The SMILES string of the molecule is Cc1cc(CNC(C)C)nc(-c2cc(F)cc(F)c2)n1. The first kappa shape index (κ1) is 14.5. The van der Waals surface area contributed by atoms with Gasteiger partial charge in [0.05, 0.1) is 5.69 Å². The molecule has 0 spiro atoms. The molecule has 0 amide bonds. The average molecular weight is 277 g/mol. The van der Waals surface area contributed by atoms with Crippen LogP contribution in [0.5, 0.6) is 0 Å². The summed E-state index contributed by atoms with van der Waals surface area (Å²) in [7, 11) is 0. The van der Waals surface area contributed by atoms with Gasteiger partial charge in [-0.05, 0) is 25.1 Å². The van der Waals surface area contributed by atoms with Gasteiger partial charge in [0, 0.05) is 29.9 Å². The lowest BCUT2D eigenvalue weighted by Crippen LogP contribution is -2.22. The van der Waals surface area contributed by atoms with Crippen LogP contribution in [0.25, 0.3) is 11.4 Å². The van der Waals surface area contributed by atoms with E-state index >= 15 is 0 Å². The Morgan fingerprint density at radius 1 is 1.05 bits per heavy atom. The highest BCUT2D eigenvalue weighted by Gasteiger charge is 2.08. The van der Waals surface area contributed by atoms with Crippen LogP contribution >= 0.6 is 0 Å². The maximum absolute atomic E-state index is 13.3. The molecule has 0 aliphatic carbocycles. The summed E-state index contributed by atoms with van der Waals surface area (Å²) in [5.74, 6) is -0.928. The first-order valence-corrected chi connectivity index (χ1v) is 6.48. The quantitative estimate of drug-likeness (QED) is 0.932. The normalized spacial score (nSPS) is 11.1. The molecule has 0 saturated heterocycles. The number of rotatable bonds is 4. The van der Waals surface area contributed by atoms with Gasteiger partial charge in [-0.2, -0.15) is 0 Å². The molecule has 106 valence electrons. The van der Waals surface area contributed by atoms with Gasteiger partial charge in [-0.1, -0.05) is 13.8 Å². The summed E-state index contributed by atoms with van der Waals surface area (Å²) < 4.78 is 26.5. The molecule has 0 radical (unpaired) electrons. The van der Waals surface area contributed by atoms with Crippen molar-refractivity contribution in [1.29, 1.82) is 0 Å². The Labute approximate surface area is 117 Å². The second-order valence-corrected chi connectivity index (χ2v) is 5.02. The number of aryl methyl sites for hydroxylation is 1. The minimum absolute atomic E-state index is 0.334. The van der Waals surface area contributed by atoms with Crippen LogP contribution in [0, 0.1) is 18.6 Å². The second kappa shape index (κ2) is 6.05. The Bertz CT molecular complexity index is 592. The zero-order chi connectivity index (χ0) is 14.7. The Hall–Kier alpha value is -1.88. The lowest BCUT2D eigenvalue weighted by Gasteiger charge is -2.10. The number of hydrogen-bond donors (Lipinski definition) is 1. The van der Waals surface area contributed by atoms with Gasteiger partial charge in [0.25, 0.3) is 0 Å². The Balaban J connectivity index is 2.36. The van der Waals surface area contributed by atoms with E-state index in [9.17, 15) is 8.78 Å². The van der Waals surface area contributed by atoms with Crippen molar-refractivity contribution in [2.75, 3.05) is 0 Å². The number of halogens is 2. The smallest absolute Gasteiger partial charge is 0.159 e. The monoisotopic (exact) mass is 277 g/mol. The van der Waals surface area contributed by atoms with Crippen molar-refractivity contribution in [3.05, 3.63) is 47.3 Å². The topological polar surface area (TPSA) is 37.8 Å². The van der Waals surface area contributed by atoms with Crippen LogP contribution in [0.15, 0.2) is 24.3 Å². The molecule has 0 fully saturated rings. The van der Waals surface area contributed by atoms with E-state index in [0.717, 1.165) is 17.5 Å². The number of nitrogens with zero attached hydrogens (tertiary/aromatic N) is 2. The Morgan fingerprint density at radius 2 is 1.70 bits per heavy atom. The minimum Gasteiger partial charge on any atom is -0.309 e. The van der Waals surface area contributed by atoms with Crippen LogP contribution in [0.1, 0.15) is 25.2 Å². The maximum atomic E-state index is 13.3. The van der Waals surface area contributed by atoms with Crippen molar-refractivity contribution in [3.63, 3.8) is 0 Å². The lowest BCUT2D eigenvalue weighted by atomic mass is 10.2. The van der Waals surface area contributed by atoms with Crippen LogP contribution in [-0.2, 0) is 6.54 Å². The molecule has 20 heavy (non-hydrogen) atoms. The number of aromatic nitrogens is 2. The molecule has 2 rings (SSSR count). The molecular formula is C15H17F2N3. The highest BCUT2D eigenvalue weighted by molar-refractivity contribution is 5.55. The van der Waals surface area contributed by atoms with Crippen molar-refractivity contribution in [2.24, 2.45) is 0 Å². The van der Waals surface area contributed by atoms with E-state index in [1.807, 2.05) is 26.8 Å². The van der Waals surface area contributed by atoms with Gasteiger partial charge >= 0.3 is 0 Å². The molecule has 1 aromatic heterocycles. The lowest BCUT2D eigenvalue weighted by molar-refractivity contribution is 0.579. The van der Waals surface area contributed by atoms with E-state index < -0.39 is 11.6 Å². The highest BCUT2D eigenvalue weighted by atomic mass is 19.1. The van der Waals surface area contributed by atoms with Gasteiger partial charge in [0.1, 0.15) is 11.6 Å². The second-order valence-electron chi connectivity index (χ2n) is 5.02. The Kier molecular flexibility index (Phi) is 4.39. The first-order valence-electron chi connectivity index (χ1n) is 6.48. The van der Waals surface area contributed by atoms with E-state index in [0.29, 0.717) is 24.0 Å². The van der Waals surface area contributed by atoms with Gasteiger partial charge in [0.2, 0.25) is 0 Å². The van der Waals surface area contributed by atoms with Crippen LogP contribution < -0.4 is 5.32 Å². The number of benzene rings is 1. The third-order valence-electron chi connectivity index (χ3n) is 2.72. The van der Waals surface area contributed by atoms with Crippen molar-refractivity contribution < 1.29 is 8.78 Å². The molecule has 3 nitrogen and oxygen atoms in total. The molecule has 0 aliphatic rings. The fraction of sp³-hybridized carbons (Fsp3) is 0.333. The standard InChI is InChI=1S/C15H17F2N3/c1-9(2)18-8-14-4-10(3)19-15(20-14)11-5-12(16)7-13(17)6-11/h4-7,9,18H,8H2,1-3H3.